The molecule has 0 saturated heterocycles. The molecular formula is C13H13FN2O. The van der Waals surface area contributed by atoms with Gasteiger partial charge in [-0.3, -0.25) is 0 Å². The van der Waals surface area contributed by atoms with Crippen molar-refractivity contribution in [3.8, 4) is 0 Å². The van der Waals surface area contributed by atoms with Crippen molar-refractivity contribution in [2.45, 2.75) is 25.4 Å². The van der Waals surface area contributed by atoms with E-state index in [4.69, 9.17) is 4.52 Å². The number of nitrogens with one attached hydrogen (secondary N) is 1. The number of hydrogen-bond acceptors (Lipinski definition) is 3. The van der Waals surface area contributed by atoms with Crippen LogP contribution in [0, 0.1) is 5.82 Å². The number of nitrogens with zero attached hydrogens (tertiary/aromatic N) is 1. The summed E-state index contributed by atoms with van der Waals surface area (Å²) < 4.78 is 18.1. The molecule has 2 aromatic rings. The number of halogens is 1. The van der Waals surface area contributed by atoms with Crippen molar-refractivity contribution in [3.05, 3.63) is 53.2 Å². The molecule has 17 heavy (non-hydrogen) atoms. The highest BCUT2D eigenvalue weighted by atomic mass is 19.1. The lowest BCUT2D eigenvalue weighted by molar-refractivity contribution is 0.363. The molecule has 1 aromatic carbocycles. The monoisotopic (exact) mass is 232 g/mol. The lowest BCUT2D eigenvalue weighted by atomic mass is 10.1. The van der Waals surface area contributed by atoms with E-state index in [9.17, 15) is 4.39 Å². The summed E-state index contributed by atoms with van der Waals surface area (Å²) >= 11 is 0. The molecule has 0 bridgehead atoms. The van der Waals surface area contributed by atoms with Crippen molar-refractivity contribution in [2.24, 2.45) is 0 Å². The average molecular weight is 232 g/mol. The number of aromatic nitrogens is 1. The Bertz CT molecular complexity index is 510. The van der Waals surface area contributed by atoms with Gasteiger partial charge in [0.05, 0.1) is 12.7 Å². The first kappa shape index (κ1) is 10.5. The smallest absolute Gasteiger partial charge is 0.150 e. The second-order valence-electron chi connectivity index (χ2n) is 4.29. The van der Waals surface area contributed by atoms with E-state index in [1.807, 2.05) is 12.1 Å². The van der Waals surface area contributed by atoms with Gasteiger partial charge in [0.25, 0.3) is 0 Å². The highest BCUT2D eigenvalue weighted by Gasteiger charge is 2.22. The van der Waals surface area contributed by atoms with E-state index in [0.717, 1.165) is 24.2 Å². The number of hydrogen-bond donors (Lipinski definition) is 1. The lowest BCUT2D eigenvalue weighted by Crippen LogP contribution is -2.18. The summed E-state index contributed by atoms with van der Waals surface area (Å²) in [6, 6.07) is 7.15. The molecule has 3 nitrogen and oxygen atoms in total. The van der Waals surface area contributed by atoms with Crippen LogP contribution in [0.25, 0.3) is 0 Å². The van der Waals surface area contributed by atoms with Crippen LogP contribution in [0.4, 0.5) is 4.39 Å². The maximum atomic E-state index is 13.1. The summed E-state index contributed by atoms with van der Waals surface area (Å²) in [5.74, 6) is 0.667. The molecule has 3 rings (SSSR count). The van der Waals surface area contributed by atoms with Gasteiger partial charge in [0.2, 0.25) is 0 Å². The highest BCUT2D eigenvalue weighted by molar-refractivity contribution is 5.34. The predicted octanol–water partition coefficient (Wildman–Crippen LogP) is 2.59. The number of fused-ring (bicyclic) bond motifs is 1. The van der Waals surface area contributed by atoms with E-state index < -0.39 is 0 Å². The molecule has 4 heteroatoms. The van der Waals surface area contributed by atoms with Crippen LogP contribution < -0.4 is 5.32 Å². The summed E-state index contributed by atoms with van der Waals surface area (Å²) in [4.78, 5) is 0. The van der Waals surface area contributed by atoms with Crippen LogP contribution in [0.15, 0.2) is 35.0 Å². The van der Waals surface area contributed by atoms with Crippen LogP contribution >= 0.6 is 0 Å². The maximum Gasteiger partial charge on any atom is 0.150 e. The fourth-order valence-electron chi connectivity index (χ4n) is 2.36. The van der Waals surface area contributed by atoms with Crippen LogP contribution in [-0.4, -0.2) is 5.16 Å². The van der Waals surface area contributed by atoms with E-state index >= 15 is 0 Å². The zero-order valence-electron chi connectivity index (χ0n) is 9.32. The molecule has 1 unspecified atom stereocenters. The first-order valence-corrected chi connectivity index (χ1v) is 5.74. The van der Waals surface area contributed by atoms with Gasteiger partial charge in [-0.1, -0.05) is 11.2 Å². The predicted molar refractivity (Wildman–Crippen MR) is 60.8 cm³/mol. The molecule has 1 aliphatic rings. The van der Waals surface area contributed by atoms with Gasteiger partial charge >= 0.3 is 0 Å². The molecule has 0 radical (unpaired) electrons. The first-order valence-electron chi connectivity index (χ1n) is 5.74. The molecule has 0 aliphatic heterocycles. The Morgan fingerprint density at radius 2 is 2.35 bits per heavy atom. The normalized spacial score (nSPS) is 18.3. The number of benzene rings is 1. The summed E-state index contributed by atoms with van der Waals surface area (Å²) in [6.07, 6.45) is 3.57. The van der Waals surface area contributed by atoms with Gasteiger partial charge < -0.3 is 9.84 Å². The van der Waals surface area contributed by atoms with Crippen molar-refractivity contribution in [3.63, 3.8) is 0 Å². The Morgan fingerprint density at radius 1 is 1.41 bits per heavy atom. The number of rotatable bonds is 3. The van der Waals surface area contributed by atoms with E-state index in [-0.39, 0.29) is 11.9 Å². The molecular weight excluding hydrogens is 219 g/mol. The summed E-state index contributed by atoms with van der Waals surface area (Å²) in [6.45, 7) is 0.654. The lowest BCUT2D eigenvalue weighted by Gasteiger charge is -2.12. The third-order valence-corrected chi connectivity index (χ3v) is 3.20. The third kappa shape index (κ3) is 2.08. The molecule has 1 heterocycles. The van der Waals surface area contributed by atoms with E-state index in [0.29, 0.717) is 6.54 Å². The van der Waals surface area contributed by atoms with E-state index in [1.54, 1.807) is 12.3 Å². The zero-order valence-corrected chi connectivity index (χ0v) is 9.32. The SMILES string of the molecule is Fc1ccc2c(c1)CCC2NCc1ccno1. The Morgan fingerprint density at radius 3 is 3.18 bits per heavy atom. The van der Waals surface area contributed by atoms with Crippen LogP contribution in [0.1, 0.15) is 29.3 Å². The van der Waals surface area contributed by atoms with Crippen LogP contribution in [0.2, 0.25) is 0 Å². The molecule has 0 saturated carbocycles. The molecule has 1 aromatic heterocycles. The Labute approximate surface area is 98.6 Å². The molecule has 88 valence electrons. The largest absolute Gasteiger partial charge is 0.360 e. The molecule has 0 amide bonds. The second kappa shape index (κ2) is 4.30. The van der Waals surface area contributed by atoms with Crippen LogP contribution in [0.5, 0.6) is 0 Å². The van der Waals surface area contributed by atoms with Crippen LogP contribution in [0.3, 0.4) is 0 Å². The second-order valence-corrected chi connectivity index (χ2v) is 4.29. The summed E-state index contributed by atoms with van der Waals surface area (Å²) in [5, 5.41) is 7.06. The van der Waals surface area contributed by atoms with Crippen molar-refractivity contribution < 1.29 is 8.91 Å². The van der Waals surface area contributed by atoms with Gasteiger partial charge in [0, 0.05) is 12.1 Å². The van der Waals surface area contributed by atoms with Gasteiger partial charge in [-0.05, 0) is 36.1 Å². The van der Waals surface area contributed by atoms with Gasteiger partial charge in [0.1, 0.15) is 11.6 Å². The molecule has 0 fully saturated rings. The van der Waals surface area contributed by atoms with Gasteiger partial charge in [-0.2, -0.15) is 0 Å². The van der Waals surface area contributed by atoms with E-state index in [1.165, 1.54) is 11.6 Å². The Balaban J connectivity index is 1.71. The Hall–Kier alpha value is -1.68. The van der Waals surface area contributed by atoms with E-state index in [2.05, 4.69) is 10.5 Å². The van der Waals surface area contributed by atoms with Crippen molar-refractivity contribution >= 4 is 0 Å². The molecule has 0 spiro atoms. The summed E-state index contributed by atoms with van der Waals surface area (Å²) in [7, 11) is 0. The van der Waals surface area contributed by atoms with Crippen molar-refractivity contribution in [2.75, 3.05) is 0 Å². The van der Waals surface area contributed by atoms with Crippen molar-refractivity contribution in [1.82, 2.24) is 10.5 Å². The molecule has 1 N–H and O–H groups in total. The average Bonchev–Trinajstić information content (AvgIpc) is 2.94. The minimum atomic E-state index is -0.153. The topological polar surface area (TPSA) is 38.1 Å². The fourth-order valence-corrected chi connectivity index (χ4v) is 2.36. The summed E-state index contributed by atoms with van der Waals surface area (Å²) in [5.41, 5.74) is 2.31. The van der Waals surface area contributed by atoms with Gasteiger partial charge in [0.15, 0.2) is 0 Å². The molecule has 1 atom stereocenters. The Kier molecular flexibility index (Phi) is 2.65. The number of aryl methyl sites for hydroxylation is 1. The standard InChI is InChI=1S/C13H13FN2O/c14-10-2-3-12-9(7-10)1-4-13(12)15-8-11-5-6-16-17-11/h2-3,5-7,13,15H,1,4,8H2. The molecule has 1 aliphatic carbocycles. The van der Waals surface area contributed by atoms with Crippen molar-refractivity contribution in [1.29, 1.82) is 0 Å². The zero-order chi connectivity index (χ0) is 11.7. The minimum absolute atomic E-state index is 0.153. The van der Waals surface area contributed by atoms with Gasteiger partial charge in [-0.25, -0.2) is 4.39 Å². The first-order chi connectivity index (χ1) is 8.33. The fraction of sp³-hybridized carbons (Fsp3) is 0.308. The van der Waals surface area contributed by atoms with Gasteiger partial charge in [-0.15, -0.1) is 0 Å². The maximum absolute atomic E-state index is 13.1. The quantitative estimate of drug-likeness (QED) is 0.883. The minimum Gasteiger partial charge on any atom is -0.360 e. The highest BCUT2D eigenvalue weighted by Crippen LogP contribution is 2.31. The third-order valence-electron chi connectivity index (χ3n) is 3.20. The van der Waals surface area contributed by atoms with Crippen LogP contribution in [-0.2, 0) is 13.0 Å².